The van der Waals surface area contributed by atoms with Gasteiger partial charge < -0.3 is 15.6 Å². The maximum absolute atomic E-state index is 10.4. The Labute approximate surface area is 65.3 Å². The Kier molecular flexibility index (Phi) is 6.58. The van der Waals surface area contributed by atoms with Crippen molar-refractivity contribution in [3.05, 3.63) is 0 Å². The predicted molar refractivity (Wildman–Crippen MR) is 41.1 cm³/mol. The Morgan fingerprint density at radius 1 is 1.80 bits per heavy atom. The van der Waals surface area contributed by atoms with Gasteiger partial charge in [-0.2, -0.15) is 0 Å². The molecule has 6 N–H and O–H groups in total. The van der Waals surface area contributed by atoms with E-state index in [0.717, 1.165) is 4.67 Å². The number of halogens is 1. The van der Waals surface area contributed by atoms with Gasteiger partial charge in [0.2, 0.25) is 0 Å². The predicted octanol–water partition coefficient (Wildman–Crippen LogP) is -0.0397. The molecule has 0 aliphatic heterocycles. The Hall–Kier alpha value is 0.360. The number of hydrogen-bond donors (Lipinski definition) is 2. The van der Waals surface area contributed by atoms with E-state index in [2.05, 4.69) is 0 Å². The monoisotopic (exact) mass is 189 g/mol. The quantitative estimate of drug-likeness (QED) is 0.480. The Morgan fingerprint density at radius 2 is 2.20 bits per heavy atom. The van der Waals surface area contributed by atoms with E-state index in [0.29, 0.717) is 0 Å². The first-order chi connectivity index (χ1) is 3.98. The minimum absolute atomic E-state index is 0. The maximum Gasteiger partial charge on any atom is 0.143 e. The third-order valence-corrected chi connectivity index (χ3v) is 2.20. The third-order valence-electron chi connectivity index (χ3n) is 0.884. The van der Waals surface area contributed by atoms with Crippen LogP contribution in [0.25, 0.3) is 0 Å². The molecule has 0 bridgehead atoms. The standard InChI is InChI=1S/C3H10ClN2O2P.H3N/c1-6(3-2-4)9(5,7)8;/h2-3H2,1H3,(H3,5,7,8);1H3. The highest BCUT2D eigenvalue weighted by Crippen LogP contribution is 2.27. The molecule has 0 heterocycles. The Morgan fingerprint density at radius 3 is 2.30 bits per heavy atom. The smallest absolute Gasteiger partial charge is 0.143 e. The molecule has 0 aromatic carbocycles. The summed E-state index contributed by atoms with van der Waals surface area (Å²) in [4.78, 5) is 10.4. The van der Waals surface area contributed by atoms with E-state index in [4.69, 9.17) is 17.1 Å². The van der Waals surface area contributed by atoms with Crippen LogP contribution in [0.15, 0.2) is 0 Å². The number of alkyl halides is 1. The van der Waals surface area contributed by atoms with Crippen LogP contribution >= 0.6 is 19.3 Å². The average molecular weight is 190 g/mol. The largest absolute Gasteiger partial charge is 0.776 e. The van der Waals surface area contributed by atoms with Gasteiger partial charge in [0.1, 0.15) is 7.67 Å². The second kappa shape index (κ2) is 5.07. The van der Waals surface area contributed by atoms with Gasteiger partial charge in [-0.15, -0.1) is 11.6 Å². The average Bonchev–Trinajstić information content (AvgIpc) is 1.64. The zero-order valence-electron chi connectivity index (χ0n) is 6.08. The number of rotatable bonds is 3. The van der Waals surface area contributed by atoms with Gasteiger partial charge in [-0.25, -0.2) is 0 Å². The second-order valence-electron chi connectivity index (χ2n) is 1.63. The van der Waals surface area contributed by atoms with E-state index in [1.165, 1.54) is 7.05 Å². The molecule has 0 saturated carbocycles. The van der Waals surface area contributed by atoms with Gasteiger partial charge in [0.05, 0.1) is 0 Å². The minimum atomic E-state index is -3.77. The molecule has 0 spiro atoms. The van der Waals surface area contributed by atoms with Gasteiger partial charge >= 0.3 is 0 Å². The molecule has 0 radical (unpaired) electrons. The van der Waals surface area contributed by atoms with E-state index < -0.39 is 7.67 Å². The lowest BCUT2D eigenvalue weighted by Gasteiger charge is -2.27. The summed E-state index contributed by atoms with van der Waals surface area (Å²) in [6, 6.07) is 0. The molecule has 0 aromatic rings. The topological polar surface area (TPSA) is 106 Å². The summed E-state index contributed by atoms with van der Waals surface area (Å²) in [5, 5.41) is 0. The highest BCUT2D eigenvalue weighted by Gasteiger charge is 2.05. The van der Waals surface area contributed by atoms with Crippen molar-refractivity contribution in [2.24, 2.45) is 5.50 Å². The number of nitrogens with two attached hydrogens (primary N) is 1. The lowest BCUT2D eigenvalue weighted by atomic mass is 10.8. The molecular formula is C3H13ClN3O2P. The molecule has 0 aliphatic rings. The highest BCUT2D eigenvalue weighted by molar-refractivity contribution is 7.51. The molecule has 7 heteroatoms. The van der Waals surface area contributed by atoms with Crippen LogP contribution in [0, 0.1) is 0 Å². The van der Waals surface area contributed by atoms with Gasteiger partial charge in [0.15, 0.2) is 0 Å². The lowest BCUT2D eigenvalue weighted by molar-refractivity contribution is -0.186. The molecule has 0 amide bonds. The van der Waals surface area contributed by atoms with Crippen molar-refractivity contribution < 1.29 is 9.46 Å². The summed E-state index contributed by atoms with van der Waals surface area (Å²) in [5.74, 6) is 0.264. The molecule has 64 valence electrons. The first kappa shape index (κ1) is 13.0. The van der Waals surface area contributed by atoms with Gasteiger partial charge in [-0.3, -0.25) is 10.2 Å². The van der Waals surface area contributed by atoms with Crippen LogP contribution in [-0.2, 0) is 4.57 Å². The van der Waals surface area contributed by atoms with Crippen molar-refractivity contribution in [2.45, 2.75) is 0 Å². The molecule has 10 heavy (non-hydrogen) atoms. The maximum atomic E-state index is 10.4. The Bertz CT molecular complexity index is 127. The molecule has 0 aromatic heterocycles. The van der Waals surface area contributed by atoms with E-state index in [1.807, 2.05) is 0 Å². The van der Waals surface area contributed by atoms with Crippen molar-refractivity contribution in [1.29, 1.82) is 0 Å². The van der Waals surface area contributed by atoms with Crippen LogP contribution in [0.5, 0.6) is 0 Å². The Balaban J connectivity index is 0. The SMILES string of the molecule is CN(CCCl)P(N)(=O)[O-].[NH4+]. The fraction of sp³-hybridized carbons (Fsp3) is 1.00. The summed E-state index contributed by atoms with van der Waals surface area (Å²) in [5.41, 5.74) is 4.73. The van der Waals surface area contributed by atoms with Crippen LogP contribution in [0.2, 0.25) is 0 Å². The molecule has 0 saturated heterocycles. The fourth-order valence-corrected chi connectivity index (χ4v) is 1.01. The summed E-state index contributed by atoms with van der Waals surface area (Å²) < 4.78 is 11.4. The third kappa shape index (κ3) is 5.17. The summed E-state index contributed by atoms with van der Waals surface area (Å²) >= 11 is 5.25. The fourth-order valence-electron chi connectivity index (χ4n) is 0.262. The van der Waals surface area contributed by atoms with Gasteiger partial charge in [-0.05, 0) is 7.05 Å². The first-order valence-electron chi connectivity index (χ1n) is 2.35. The van der Waals surface area contributed by atoms with E-state index in [-0.39, 0.29) is 18.6 Å². The summed E-state index contributed by atoms with van der Waals surface area (Å²) in [6.45, 7) is 0.263. The van der Waals surface area contributed by atoms with Crippen LogP contribution < -0.4 is 16.5 Å². The lowest BCUT2D eigenvalue weighted by Crippen LogP contribution is -2.28. The molecular weight excluding hydrogens is 176 g/mol. The molecule has 0 aliphatic carbocycles. The highest BCUT2D eigenvalue weighted by atomic mass is 35.5. The number of hydrogen-bond acceptors (Lipinski definition) is 2. The van der Waals surface area contributed by atoms with E-state index in [1.54, 1.807) is 0 Å². The normalized spacial score (nSPS) is 16.1. The van der Waals surface area contributed by atoms with E-state index >= 15 is 0 Å². The van der Waals surface area contributed by atoms with Crippen molar-refractivity contribution in [1.82, 2.24) is 10.8 Å². The van der Waals surface area contributed by atoms with Crippen molar-refractivity contribution in [2.75, 3.05) is 19.5 Å². The van der Waals surface area contributed by atoms with Crippen molar-refractivity contribution >= 4 is 19.3 Å². The molecule has 1 atom stereocenters. The van der Waals surface area contributed by atoms with Crippen LogP contribution in [0.3, 0.4) is 0 Å². The zero-order valence-corrected chi connectivity index (χ0v) is 7.73. The molecule has 0 fully saturated rings. The van der Waals surface area contributed by atoms with Crippen molar-refractivity contribution in [3.63, 3.8) is 0 Å². The number of quaternary nitrogens is 1. The van der Waals surface area contributed by atoms with Gasteiger partial charge in [0.25, 0.3) is 0 Å². The van der Waals surface area contributed by atoms with Crippen molar-refractivity contribution in [3.8, 4) is 0 Å². The minimum Gasteiger partial charge on any atom is -0.776 e. The molecule has 5 nitrogen and oxygen atoms in total. The van der Waals surface area contributed by atoms with Gasteiger partial charge in [-0.1, -0.05) is 0 Å². The van der Waals surface area contributed by atoms with Crippen LogP contribution in [0.4, 0.5) is 0 Å². The van der Waals surface area contributed by atoms with E-state index in [9.17, 15) is 9.46 Å². The zero-order chi connectivity index (χ0) is 7.49. The molecule has 1 unspecified atom stereocenters. The van der Waals surface area contributed by atoms with Crippen LogP contribution in [-0.4, -0.2) is 24.1 Å². The molecule has 0 rings (SSSR count). The first-order valence-corrected chi connectivity index (χ1v) is 4.54. The second-order valence-corrected chi connectivity index (χ2v) is 3.82. The van der Waals surface area contributed by atoms with Gasteiger partial charge in [0, 0.05) is 12.4 Å². The van der Waals surface area contributed by atoms with Crippen LogP contribution in [0.1, 0.15) is 0 Å². The number of nitrogens with zero attached hydrogens (tertiary/aromatic N) is 1. The summed E-state index contributed by atoms with van der Waals surface area (Å²) in [6.07, 6.45) is 0. The summed E-state index contributed by atoms with van der Waals surface area (Å²) in [7, 11) is -2.39.